The Morgan fingerprint density at radius 2 is 1.89 bits per heavy atom. The van der Waals surface area contributed by atoms with E-state index < -0.39 is 0 Å². The molecule has 2 N–H and O–H groups in total. The van der Waals surface area contributed by atoms with Crippen LogP contribution in [0, 0.1) is 6.92 Å². The summed E-state index contributed by atoms with van der Waals surface area (Å²) in [6.07, 6.45) is 2.42. The highest BCUT2D eigenvalue weighted by atomic mass is 16.1. The number of benzene rings is 1. The Hall–Kier alpha value is -1.35. The monoisotopic (exact) mass is 260 g/mol. The van der Waals surface area contributed by atoms with Gasteiger partial charge >= 0.3 is 0 Å². The standard InChI is InChI=1S/C16H24N2O/c1-12-4-6-13(7-5-12)16(2,3)11-18-15(19)10-17-14-8-9-14/h4-7,14,17H,8-11H2,1-3H3,(H,18,19). The minimum absolute atomic E-state index is 0.0387. The molecule has 0 atom stereocenters. The van der Waals surface area contributed by atoms with Gasteiger partial charge in [-0.1, -0.05) is 43.7 Å². The van der Waals surface area contributed by atoms with Crippen LogP contribution >= 0.6 is 0 Å². The molecule has 3 heteroatoms. The van der Waals surface area contributed by atoms with E-state index >= 15 is 0 Å². The van der Waals surface area contributed by atoms with E-state index in [1.54, 1.807) is 0 Å². The van der Waals surface area contributed by atoms with Crippen molar-refractivity contribution in [3.63, 3.8) is 0 Å². The second kappa shape index (κ2) is 5.74. The summed E-state index contributed by atoms with van der Waals surface area (Å²) in [6, 6.07) is 9.10. The van der Waals surface area contributed by atoms with Gasteiger partial charge in [0.25, 0.3) is 0 Å². The summed E-state index contributed by atoms with van der Waals surface area (Å²) in [6.45, 7) is 7.51. The zero-order valence-electron chi connectivity index (χ0n) is 12.1. The Bertz CT molecular complexity index is 433. The van der Waals surface area contributed by atoms with Gasteiger partial charge in [-0.25, -0.2) is 0 Å². The van der Waals surface area contributed by atoms with Crippen LogP contribution in [0.5, 0.6) is 0 Å². The molecule has 1 aliphatic rings. The number of carbonyl (C=O) groups excluding carboxylic acids is 1. The van der Waals surface area contributed by atoms with Gasteiger partial charge in [0, 0.05) is 18.0 Å². The molecule has 19 heavy (non-hydrogen) atoms. The van der Waals surface area contributed by atoms with E-state index in [1.807, 2.05) is 0 Å². The van der Waals surface area contributed by atoms with E-state index in [1.165, 1.54) is 24.0 Å². The van der Waals surface area contributed by atoms with E-state index in [-0.39, 0.29) is 11.3 Å². The summed E-state index contributed by atoms with van der Waals surface area (Å²) in [5.74, 6) is 0.0899. The predicted octanol–water partition coefficient (Wildman–Crippen LogP) is 2.14. The number of hydrogen-bond acceptors (Lipinski definition) is 2. The Balaban J connectivity index is 1.82. The fourth-order valence-electron chi connectivity index (χ4n) is 2.01. The van der Waals surface area contributed by atoms with Crippen molar-refractivity contribution in [2.24, 2.45) is 0 Å². The molecular formula is C16H24N2O. The van der Waals surface area contributed by atoms with Crippen LogP contribution < -0.4 is 10.6 Å². The Morgan fingerprint density at radius 3 is 2.47 bits per heavy atom. The maximum Gasteiger partial charge on any atom is 0.233 e. The van der Waals surface area contributed by atoms with E-state index in [4.69, 9.17) is 0 Å². The summed E-state index contributed by atoms with van der Waals surface area (Å²) in [7, 11) is 0. The van der Waals surface area contributed by atoms with Gasteiger partial charge in [-0.15, -0.1) is 0 Å². The van der Waals surface area contributed by atoms with Crippen LogP contribution in [0.1, 0.15) is 37.8 Å². The van der Waals surface area contributed by atoms with Gasteiger partial charge in [0.2, 0.25) is 5.91 Å². The molecule has 0 spiro atoms. The normalized spacial score (nSPS) is 15.3. The van der Waals surface area contributed by atoms with E-state index in [2.05, 4.69) is 55.7 Å². The highest BCUT2D eigenvalue weighted by Crippen LogP contribution is 2.22. The van der Waals surface area contributed by atoms with Gasteiger partial charge in [-0.05, 0) is 25.3 Å². The van der Waals surface area contributed by atoms with Crippen molar-refractivity contribution in [1.82, 2.24) is 10.6 Å². The summed E-state index contributed by atoms with van der Waals surface area (Å²) < 4.78 is 0. The minimum atomic E-state index is -0.0387. The molecular weight excluding hydrogens is 236 g/mol. The fourth-order valence-corrected chi connectivity index (χ4v) is 2.01. The highest BCUT2D eigenvalue weighted by molar-refractivity contribution is 5.78. The molecule has 1 amide bonds. The number of nitrogens with one attached hydrogen (secondary N) is 2. The zero-order valence-corrected chi connectivity index (χ0v) is 12.1. The van der Waals surface area contributed by atoms with Crippen LogP contribution in [0.25, 0.3) is 0 Å². The molecule has 0 heterocycles. The number of rotatable bonds is 6. The highest BCUT2D eigenvalue weighted by Gasteiger charge is 2.23. The Morgan fingerprint density at radius 1 is 1.26 bits per heavy atom. The van der Waals surface area contributed by atoms with E-state index in [0.29, 0.717) is 19.1 Å². The summed E-state index contributed by atoms with van der Waals surface area (Å²) in [5, 5.41) is 6.25. The smallest absolute Gasteiger partial charge is 0.233 e. The van der Waals surface area contributed by atoms with Crippen molar-refractivity contribution in [3.05, 3.63) is 35.4 Å². The second-order valence-corrected chi connectivity index (χ2v) is 6.18. The first kappa shape index (κ1) is 14.1. The Labute approximate surface area is 115 Å². The molecule has 0 unspecified atom stereocenters. The van der Waals surface area contributed by atoms with Gasteiger partial charge < -0.3 is 10.6 Å². The molecule has 2 rings (SSSR count). The van der Waals surface area contributed by atoms with Crippen molar-refractivity contribution >= 4 is 5.91 Å². The third-order valence-electron chi connectivity index (χ3n) is 3.69. The molecule has 1 aromatic rings. The molecule has 0 radical (unpaired) electrons. The lowest BCUT2D eigenvalue weighted by molar-refractivity contribution is -0.120. The van der Waals surface area contributed by atoms with Crippen molar-refractivity contribution in [2.75, 3.05) is 13.1 Å². The zero-order chi connectivity index (χ0) is 13.9. The van der Waals surface area contributed by atoms with Crippen LogP contribution in [0.4, 0.5) is 0 Å². The SMILES string of the molecule is Cc1ccc(C(C)(C)CNC(=O)CNC2CC2)cc1. The summed E-state index contributed by atoms with van der Waals surface area (Å²) in [4.78, 5) is 11.7. The van der Waals surface area contributed by atoms with E-state index in [9.17, 15) is 4.79 Å². The maximum atomic E-state index is 11.7. The average molecular weight is 260 g/mol. The second-order valence-electron chi connectivity index (χ2n) is 6.18. The first-order chi connectivity index (χ1) is 8.97. The molecule has 3 nitrogen and oxygen atoms in total. The van der Waals surface area contributed by atoms with E-state index in [0.717, 1.165) is 0 Å². The summed E-state index contributed by atoms with van der Waals surface area (Å²) in [5.41, 5.74) is 2.48. The van der Waals surface area contributed by atoms with Crippen molar-refractivity contribution in [2.45, 2.75) is 45.1 Å². The van der Waals surface area contributed by atoms with Crippen LogP contribution in [0.3, 0.4) is 0 Å². The minimum Gasteiger partial charge on any atom is -0.354 e. The molecule has 0 saturated heterocycles. The van der Waals surface area contributed by atoms with Crippen LogP contribution in [0.15, 0.2) is 24.3 Å². The third kappa shape index (κ3) is 4.35. The van der Waals surface area contributed by atoms with Crippen LogP contribution in [-0.4, -0.2) is 25.0 Å². The lowest BCUT2D eigenvalue weighted by Crippen LogP contribution is -2.41. The molecule has 1 saturated carbocycles. The lowest BCUT2D eigenvalue weighted by Gasteiger charge is -2.26. The first-order valence-corrected chi connectivity index (χ1v) is 7.04. The van der Waals surface area contributed by atoms with Gasteiger partial charge in [-0.2, -0.15) is 0 Å². The number of carbonyl (C=O) groups is 1. The number of amides is 1. The fraction of sp³-hybridized carbons (Fsp3) is 0.562. The van der Waals surface area contributed by atoms with Crippen molar-refractivity contribution in [1.29, 1.82) is 0 Å². The molecule has 1 aliphatic carbocycles. The van der Waals surface area contributed by atoms with Crippen molar-refractivity contribution < 1.29 is 4.79 Å². The van der Waals surface area contributed by atoms with Gasteiger partial charge in [0.1, 0.15) is 0 Å². The van der Waals surface area contributed by atoms with Gasteiger partial charge in [0.05, 0.1) is 6.54 Å². The molecule has 1 aromatic carbocycles. The molecule has 1 fully saturated rings. The van der Waals surface area contributed by atoms with Crippen LogP contribution in [-0.2, 0) is 10.2 Å². The Kier molecular flexibility index (Phi) is 4.25. The quantitative estimate of drug-likeness (QED) is 0.823. The number of hydrogen-bond donors (Lipinski definition) is 2. The topological polar surface area (TPSA) is 41.1 Å². The molecule has 0 bridgehead atoms. The number of aryl methyl sites for hydroxylation is 1. The van der Waals surface area contributed by atoms with Gasteiger partial charge in [-0.3, -0.25) is 4.79 Å². The van der Waals surface area contributed by atoms with Gasteiger partial charge in [0.15, 0.2) is 0 Å². The maximum absolute atomic E-state index is 11.7. The third-order valence-corrected chi connectivity index (χ3v) is 3.69. The summed E-state index contributed by atoms with van der Waals surface area (Å²) >= 11 is 0. The predicted molar refractivity (Wildman–Crippen MR) is 78.2 cm³/mol. The molecule has 0 aromatic heterocycles. The average Bonchev–Trinajstić information content (AvgIpc) is 3.18. The van der Waals surface area contributed by atoms with Crippen LogP contribution in [0.2, 0.25) is 0 Å². The first-order valence-electron chi connectivity index (χ1n) is 7.04. The lowest BCUT2D eigenvalue weighted by atomic mass is 9.84. The molecule has 0 aliphatic heterocycles. The van der Waals surface area contributed by atoms with Crippen molar-refractivity contribution in [3.8, 4) is 0 Å². The largest absolute Gasteiger partial charge is 0.354 e. The molecule has 104 valence electrons.